The molecular weight excluding hydrogens is 383 g/mol. The van der Waals surface area contributed by atoms with E-state index in [4.69, 9.17) is 0 Å². The summed E-state index contributed by atoms with van der Waals surface area (Å²) in [5, 5.41) is 0. The zero-order valence-corrected chi connectivity index (χ0v) is 15.9. The first-order valence-electron chi connectivity index (χ1n) is 8.55. The van der Waals surface area contributed by atoms with Crippen LogP contribution in [0.4, 0.5) is 4.39 Å². The van der Waals surface area contributed by atoms with Crippen LogP contribution >= 0.6 is 15.9 Å². The number of nitrogens with zero attached hydrogens (tertiary/aromatic N) is 2. The van der Waals surface area contributed by atoms with Crippen LogP contribution in [-0.2, 0) is 6.54 Å². The minimum Gasteiger partial charge on any atom is -0.337 e. The number of carbonyl (C=O) groups is 1. The van der Waals surface area contributed by atoms with Crippen molar-refractivity contribution in [3.63, 3.8) is 0 Å². The minimum atomic E-state index is -0.387. The Morgan fingerprint density at radius 3 is 2.60 bits per heavy atom. The van der Waals surface area contributed by atoms with Gasteiger partial charge >= 0.3 is 0 Å². The molecule has 0 radical (unpaired) electrons. The van der Waals surface area contributed by atoms with E-state index >= 15 is 0 Å². The Morgan fingerprint density at radius 2 is 1.84 bits per heavy atom. The monoisotopic (exact) mass is 404 g/mol. The third-order valence-corrected chi connectivity index (χ3v) is 5.25. The largest absolute Gasteiger partial charge is 0.337 e. The molecule has 3 nitrogen and oxygen atoms in total. The van der Waals surface area contributed by atoms with Crippen molar-refractivity contribution in [2.24, 2.45) is 0 Å². The van der Waals surface area contributed by atoms with Crippen molar-refractivity contribution in [3.05, 3.63) is 69.4 Å². The van der Waals surface area contributed by atoms with Gasteiger partial charge in [0.2, 0.25) is 0 Å². The molecule has 0 saturated carbocycles. The number of hydrogen-bond acceptors (Lipinski definition) is 2. The maximum atomic E-state index is 13.5. The molecule has 1 heterocycles. The molecule has 2 aromatic rings. The zero-order chi connectivity index (χ0) is 17.8. The summed E-state index contributed by atoms with van der Waals surface area (Å²) < 4.78 is 14.1. The number of halogens is 2. The third-order valence-electron chi connectivity index (χ3n) is 4.56. The molecular formula is C20H22BrFN2O. The van der Waals surface area contributed by atoms with Gasteiger partial charge in [-0.25, -0.2) is 4.39 Å². The summed E-state index contributed by atoms with van der Waals surface area (Å²) >= 11 is 3.35. The van der Waals surface area contributed by atoms with Crippen LogP contribution in [-0.4, -0.2) is 41.9 Å². The molecule has 5 heteroatoms. The molecule has 25 heavy (non-hydrogen) atoms. The highest BCUT2D eigenvalue weighted by Crippen LogP contribution is 2.21. The Balaban J connectivity index is 1.64. The Hall–Kier alpha value is -1.72. The van der Waals surface area contributed by atoms with E-state index in [-0.39, 0.29) is 11.7 Å². The minimum absolute atomic E-state index is 0.108. The van der Waals surface area contributed by atoms with E-state index in [9.17, 15) is 9.18 Å². The molecule has 0 spiro atoms. The Morgan fingerprint density at radius 1 is 1.08 bits per heavy atom. The van der Waals surface area contributed by atoms with Crippen molar-refractivity contribution in [1.82, 2.24) is 9.80 Å². The van der Waals surface area contributed by atoms with Crippen LogP contribution in [0.5, 0.6) is 0 Å². The Bertz CT molecular complexity index is 748. The van der Waals surface area contributed by atoms with Gasteiger partial charge < -0.3 is 4.90 Å². The van der Waals surface area contributed by atoms with Gasteiger partial charge in [-0.3, -0.25) is 9.69 Å². The number of benzene rings is 2. The normalized spacial score (nSPS) is 15.9. The van der Waals surface area contributed by atoms with Gasteiger partial charge in [0.05, 0.1) is 5.56 Å². The average molecular weight is 405 g/mol. The summed E-state index contributed by atoms with van der Waals surface area (Å²) in [6.45, 7) is 6.13. The van der Waals surface area contributed by atoms with E-state index in [1.807, 2.05) is 4.90 Å². The van der Waals surface area contributed by atoms with E-state index in [0.29, 0.717) is 23.1 Å². The van der Waals surface area contributed by atoms with Gasteiger partial charge in [-0.1, -0.05) is 29.8 Å². The molecule has 1 aliphatic rings. The van der Waals surface area contributed by atoms with Crippen LogP contribution < -0.4 is 0 Å². The summed E-state index contributed by atoms with van der Waals surface area (Å²) in [6, 6.07) is 12.8. The van der Waals surface area contributed by atoms with E-state index in [1.54, 1.807) is 6.07 Å². The molecule has 0 atom stereocenters. The predicted molar refractivity (Wildman–Crippen MR) is 101 cm³/mol. The molecule has 1 fully saturated rings. The summed E-state index contributed by atoms with van der Waals surface area (Å²) in [5.74, 6) is -0.495. The van der Waals surface area contributed by atoms with Gasteiger partial charge in [0, 0.05) is 37.2 Å². The molecule has 1 saturated heterocycles. The molecule has 0 aliphatic carbocycles. The van der Waals surface area contributed by atoms with E-state index < -0.39 is 0 Å². The number of hydrogen-bond donors (Lipinski definition) is 0. The average Bonchev–Trinajstić information content (AvgIpc) is 2.84. The van der Waals surface area contributed by atoms with Gasteiger partial charge in [0.1, 0.15) is 5.82 Å². The quantitative estimate of drug-likeness (QED) is 0.763. The second-order valence-electron chi connectivity index (χ2n) is 6.53. The molecule has 0 unspecified atom stereocenters. The fraction of sp³-hybridized carbons (Fsp3) is 0.350. The van der Waals surface area contributed by atoms with Gasteiger partial charge in [0.25, 0.3) is 5.91 Å². The van der Waals surface area contributed by atoms with E-state index in [0.717, 1.165) is 26.1 Å². The lowest BCUT2D eigenvalue weighted by Gasteiger charge is -2.22. The van der Waals surface area contributed by atoms with Crippen LogP contribution in [0.1, 0.15) is 27.9 Å². The summed E-state index contributed by atoms with van der Waals surface area (Å²) in [5.41, 5.74) is 2.95. The molecule has 0 aromatic heterocycles. The Labute approximate surface area is 156 Å². The second-order valence-corrected chi connectivity index (χ2v) is 7.39. The molecule has 132 valence electrons. The highest BCUT2D eigenvalue weighted by Gasteiger charge is 2.22. The fourth-order valence-corrected chi connectivity index (χ4v) is 3.53. The standard InChI is InChI=1S/C20H22BrFN2O/c1-15-3-5-16(6-4-15)14-23-9-2-10-24(12-11-23)20(25)18-13-17(22)7-8-19(18)21/h3-8,13H,2,9-12,14H2,1H3. The Kier molecular flexibility index (Phi) is 5.86. The molecule has 0 N–H and O–H groups in total. The number of rotatable bonds is 3. The molecule has 1 amide bonds. The topological polar surface area (TPSA) is 23.6 Å². The number of aryl methyl sites for hydroxylation is 1. The molecule has 3 rings (SSSR count). The van der Waals surface area contributed by atoms with E-state index in [2.05, 4.69) is 52.0 Å². The molecule has 1 aliphatic heterocycles. The third kappa shape index (κ3) is 4.67. The summed E-state index contributed by atoms with van der Waals surface area (Å²) in [7, 11) is 0. The second kappa shape index (κ2) is 8.11. The first-order chi connectivity index (χ1) is 12.0. The highest BCUT2D eigenvalue weighted by molar-refractivity contribution is 9.10. The van der Waals surface area contributed by atoms with Gasteiger partial charge in [-0.05, 0) is 53.0 Å². The van der Waals surface area contributed by atoms with Gasteiger partial charge in [-0.15, -0.1) is 0 Å². The van der Waals surface area contributed by atoms with Crippen LogP contribution in [0.25, 0.3) is 0 Å². The summed E-state index contributed by atoms with van der Waals surface area (Å²) in [6.07, 6.45) is 0.921. The van der Waals surface area contributed by atoms with Crippen molar-refractivity contribution < 1.29 is 9.18 Å². The van der Waals surface area contributed by atoms with Crippen LogP contribution in [0.3, 0.4) is 0 Å². The van der Waals surface area contributed by atoms with Crippen LogP contribution in [0.2, 0.25) is 0 Å². The van der Waals surface area contributed by atoms with Crippen molar-refractivity contribution in [2.75, 3.05) is 26.2 Å². The lowest BCUT2D eigenvalue weighted by molar-refractivity contribution is 0.0759. The molecule has 2 aromatic carbocycles. The van der Waals surface area contributed by atoms with Crippen molar-refractivity contribution in [1.29, 1.82) is 0 Å². The lowest BCUT2D eigenvalue weighted by Crippen LogP contribution is -2.35. The lowest BCUT2D eigenvalue weighted by atomic mass is 10.1. The van der Waals surface area contributed by atoms with E-state index in [1.165, 1.54) is 23.3 Å². The van der Waals surface area contributed by atoms with Gasteiger partial charge in [0.15, 0.2) is 0 Å². The van der Waals surface area contributed by atoms with Crippen molar-refractivity contribution in [2.45, 2.75) is 19.9 Å². The fourth-order valence-electron chi connectivity index (χ4n) is 3.12. The smallest absolute Gasteiger partial charge is 0.255 e. The SMILES string of the molecule is Cc1ccc(CN2CCCN(C(=O)c3cc(F)ccc3Br)CC2)cc1. The number of amides is 1. The van der Waals surface area contributed by atoms with Gasteiger partial charge in [-0.2, -0.15) is 0 Å². The summed E-state index contributed by atoms with van der Waals surface area (Å²) in [4.78, 5) is 16.9. The zero-order valence-electron chi connectivity index (χ0n) is 14.3. The van der Waals surface area contributed by atoms with Crippen molar-refractivity contribution >= 4 is 21.8 Å². The first kappa shape index (κ1) is 18.1. The highest BCUT2D eigenvalue weighted by atomic mass is 79.9. The van der Waals surface area contributed by atoms with Crippen molar-refractivity contribution in [3.8, 4) is 0 Å². The van der Waals surface area contributed by atoms with Crippen LogP contribution in [0, 0.1) is 12.7 Å². The van der Waals surface area contributed by atoms with Crippen LogP contribution in [0.15, 0.2) is 46.9 Å². The maximum Gasteiger partial charge on any atom is 0.255 e. The first-order valence-corrected chi connectivity index (χ1v) is 9.34. The number of carbonyl (C=O) groups excluding carboxylic acids is 1. The predicted octanol–water partition coefficient (Wildman–Crippen LogP) is 4.24. The maximum absolute atomic E-state index is 13.5. The molecule has 0 bridgehead atoms.